The predicted molar refractivity (Wildman–Crippen MR) is 45.6 cm³/mol. The number of nitrogens with two attached hydrogens (primary N) is 1. The van der Waals surface area contributed by atoms with Gasteiger partial charge < -0.3 is 5.11 Å². The lowest BCUT2D eigenvalue weighted by Crippen LogP contribution is -2.36. The van der Waals surface area contributed by atoms with Gasteiger partial charge in [-0.15, -0.1) is 0 Å². The van der Waals surface area contributed by atoms with E-state index in [1.165, 1.54) is 18.2 Å². The van der Waals surface area contributed by atoms with Crippen LogP contribution < -0.4 is 10.9 Å². The number of benzene rings is 1. The van der Waals surface area contributed by atoms with Gasteiger partial charge in [0.25, 0.3) is 0 Å². The second kappa shape index (κ2) is 3.86. The molecule has 0 heterocycles. The highest BCUT2D eigenvalue weighted by molar-refractivity contribution is 5.73. The van der Waals surface area contributed by atoms with Crippen molar-refractivity contribution in [1.82, 2.24) is 0 Å². The summed E-state index contributed by atoms with van der Waals surface area (Å²) in [4.78, 5) is 10.3. The molecule has 0 saturated carbocycles. The third kappa shape index (κ3) is 2.41. The molecule has 4 nitrogen and oxygen atoms in total. The summed E-state index contributed by atoms with van der Waals surface area (Å²) in [6, 6.07) is 5.73. The highest BCUT2D eigenvalue weighted by Crippen LogP contribution is 2.14. The van der Waals surface area contributed by atoms with Crippen molar-refractivity contribution in [3.63, 3.8) is 0 Å². The fourth-order valence-corrected chi connectivity index (χ4v) is 0.916. The Hall–Kier alpha value is -1.62. The molecule has 3 N–H and O–H groups in total. The van der Waals surface area contributed by atoms with E-state index in [-0.39, 0.29) is 5.69 Å². The van der Waals surface area contributed by atoms with Gasteiger partial charge in [-0.2, -0.15) is 0 Å². The molecule has 5 heteroatoms. The number of para-hydroxylation sites is 1. The highest BCUT2D eigenvalue weighted by Gasteiger charge is 2.09. The van der Waals surface area contributed by atoms with E-state index in [4.69, 9.17) is 10.9 Å². The summed E-state index contributed by atoms with van der Waals surface area (Å²) in [6.45, 7) is -0.430. The van der Waals surface area contributed by atoms with Gasteiger partial charge in [0, 0.05) is 0 Å². The first-order chi connectivity index (χ1) is 6.11. The lowest BCUT2D eigenvalue weighted by Gasteiger charge is -2.16. The zero-order valence-corrected chi connectivity index (χ0v) is 6.77. The first-order valence-corrected chi connectivity index (χ1v) is 3.60. The molecule has 0 saturated heterocycles. The maximum absolute atomic E-state index is 13.0. The van der Waals surface area contributed by atoms with Crippen molar-refractivity contribution in [2.24, 2.45) is 5.84 Å². The van der Waals surface area contributed by atoms with Crippen LogP contribution in [0.25, 0.3) is 0 Å². The molecule has 0 unspecified atom stereocenters. The average Bonchev–Trinajstić information content (AvgIpc) is 2.03. The van der Waals surface area contributed by atoms with Gasteiger partial charge in [0.15, 0.2) is 0 Å². The second-order valence-electron chi connectivity index (χ2n) is 2.47. The third-order valence-corrected chi connectivity index (χ3v) is 1.47. The summed E-state index contributed by atoms with van der Waals surface area (Å²) in [5.74, 6) is 3.67. The number of hydrogen-bond donors (Lipinski definition) is 2. The fraction of sp³-hybridized carbons (Fsp3) is 0.125. The monoisotopic (exact) mass is 184 g/mol. The van der Waals surface area contributed by atoms with E-state index in [9.17, 15) is 9.18 Å². The predicted octanol–water partition coefficient (Wildman–Crippen LogP) is 0.590. The standard InChI is InChI=1S/C8H9FN2O2/c9-6-3-1-2-4-7(6)11(10)5-8(12)13/h1-4H,5,10H2,(H,12,13). The third-order valence-electron chi connectivity index (χ3n) is 1.47. The van der Waals surface area contributed by atoms with Crippen LogP contribution in [0.5, 0.6) is 0 Å². The quantitative estimate of drug-likeness (QED) is 0.533. The number of carboxylic acids is 1. The summed E-state index contributed by atoms with van der Waals surface area (Å²) in [7, 11) is 0. The maximum atomic E-state index is 13.0. The Labute approximate surface area is 74.4 Å². The van der Waals surface area contributed by atoms with Crippen molar-refractivity contribution in [1.29, 1.82) is 0 Å². The fourth-order valence-electron chi connectivity index (χ4n) is 0.916. The number of rotatable bonds is 3. The molecule has 0 amide bonds. The molecule has 70 valence electrons. The summed E-state index contributed by atoms with van der Waals surface area (Å²) in [5.41, 5.74) is 0.0740. The zero-order chi connectivity index (χ0) is 9.84. The van der Waals surface area contributed by atoms with Crippen molar-refractivity contribution >= 4 is 11.7 Å². The minimum atomic E-state index is -1.11. The largest absolute Gasteiger partial charge is 0.480 e. The first-order valence-electron chi connectivity index (χ1n) is 3.60. The number of carbonyl (C=O) groups is 1. The van der Waals surface area contributed by atoms with Crippen LogP contribution in [-0.4, -0.2) is 17.6 Å². The molecule has 0 spiro atoms. The molecule has 0 fully saturated rings. The van der Waals surface area contributed by atoms with E-state index in [0.717, 1.165) is 5.01 Å². The van der Waals surface area contributed by atoms with Crippen LogP contribution in [0, 0.1) is 5.82 Å². The lowest BCUT2D eigenvalue weighted by molar-refractivity contribution is -0.135. The van der Waals surface area contributed by atoms with Gasteiger partial charge >= 0.3 is 5.97 Å². The Morgan fingerprint density at radius 1 is 1.54 bits per heavy atom. The Balaban J connectivity index is 2.82. The van der Waals surface area contributed by atoms with Gasteiger partial charge in [-0.1, -0.05) is 12.1 Å². The molecule has 0 atom stereocenters. The molecule has 1 aromatic carbocycles. The molecule has 0 aliphatic carbocycles. The molecule has 0 radical (unpaired) electrons. The molecule has 1 aromatic rings. The summed E-state index contributed by atoms with van der Waals surface area (Å²) in [5, 5.41) is 9.24. The van der Waals surface area contributed by atoms with Crippen LogP contribution in [0.2, 0.25) is 0 Å². The van der Waals surface area contributed by atoms with Gasteiger partial charge in [0.05, 0.1) is 5.69 Å². The average molecular weight is 184 g/mol. The summed E-state index contributed by atoms with van der Waals surface area (Å²) in [6.07, 6.45) is 0. The van der Waals surface area contributed by atoms with Crippen LogP contribution in [0.1, 0.15) is 0 Å². The van der Waals surface area contributed by atoms with E-state index >= 15 is 0 Å². The first kappa shape index (κ1) is 9.47. The molecule has 13 heavy (non-hydrogen) atoms. The smallest absolute Gasteiger partial charge is 0.324 e. The Morgan fingerprint density at radius 2 is 2.15 bits per heavy atom. The van der Waals surface area contributed by atoms with Crippen molar-refractivity contribution in [3.05, 3.63) is 30.1 Å². The molecular weight excluding hydrogens is 175 g/mol. The number of hydrogen-bond acceptors (Lipinski definition) is 3. The number of aliphatic carboxylic acids is 1. The molecule has 0 aliphatic heterocycles. The van der Waals surface area contributed by atoms with Gasteiger partial charge in [-0.05, 0) is 12.1 Å². The number of nitrogens with zero attached hydrogens (tertiary/aromatic N) is 1. The molecule has 0 bridgehead atoms. The van der Waals surface area contributed by atoms with E-state index in [0.29, 0.717) is 0 Å². The van der Waals surface area contributed by atoms with Gasteiger partial charge in [0.1, 0.15) is 12.4 Å². The molecule has 0 aliphatic rings. The van der Waals surface area contributed by atoms with Crippen LogP contribution in [0.3, 0.4) is 0 Å². The van der Waals surface area contributed by atoms with Gasteiger partial charge in [0.2, 0.25) is 0 Å². The molecule has 0 aromatic heterocycles. The van der Waals surface area contributed by atoms with Crippen molar-refractivity contribution in [2.75, 3.05) is 11.6 Å². The normalized spacial score (nSPS) is 9.69. The zero-order valence-electron chi connectivity index (χ0n) is 6.77. The maximum Gasteiger partial charge on any atom is 0.324 e. The van der Waals surface area contributed by atoms with Gasteiger partial charge in [-0.25, -0.2) is 10.2 Å². The van der Waals surface area contributed by atoms with Crippen LogP contribution in [0.4, 0.5) is 10.1 Å². The van der Waals surface area contributed by atoms with E-state index < -0.39 is 18.3 Å². The van der Waals surface area contributed by atoms with E-state index in [1.54, 1.807) is 6.07 Å². The van der Waals surface area contributed by atoms with Crippen molar-refractivity contribution in [2.45, 2.75) is 0 Å². The van der Waals surface area contributed by atoms with Crippen molar-refractivity contribution < 1.29 is 14.3 Å². The van der Waals surface area contributed by atoms with Crippen molar-refractivity contribution in [3.8, 4) is 0 Å². The highest BCUT2D eigenvalue weighted by atomic mass is 19.1. The number of anilines is 1. The number of carboxylic acid groups (broad SMARTS) is 1. The SMILES string of the molecule is NN(CC(=O)O)c1ccccc1F. The Morgan fingerprint density at radius 3 is 2.69 bits per heavy atom. The topological polar surface area (TPSA) is 66.6 Å². The molecule has 1 rings (SSSR count). The van der Waals surface area contributed by atoms with E-state index in [1.807, 2.05) is 0 Å². The van der Waals surface area contributed by atoms with Gasteiger partial charge in [-0.3, -0.25) is 9.80 Å². The lowest BCUT2D eigenvalue weighted by atomic mass is 10.3. The summed E-state index contributed by atoms with van der Waals surface area (Å²) < 4.78 is 13.0. The van der Waals surface area contributed by atoms with Crippen LogP contribution in [0.15, 0.2) is 24.3 Å². The van der Waals surface area contributed by atoms with Crippen LogP contribution >= 0.6 is 0 Å². The minimum Gasteiger partial charge on any atom is -0.480 e. The van der Waals surface area contributed by atoms with E-state index in [2.05, 4.69) is 0 Å². The van der Waals surface area contributed by atoms with Crippen LogP contribution in [-0.2, 0) is 4.79 Å². The second-order valence-corrected chi connectivity index (χ2v) is 2.47. The minimum absolute atomic E-state index is 0.0740. The Bertz CT molecular complexity index is 317. The number of halogens is 1. The Kier molecular flexibility index (Phi) is 2.81. The molecular formula is C8H9FN2O2. The number of hydrazine groups is 1. The summed E-state index contributed by atoms with van der Waals surface area (Å²) >= 11 is 0.